The fourth-order valence-electron chi connectivity index (χ4n) is 1.51. The summed E-state index contributed by atoms with van der Waals surface area (Å²) in [6.45, 7) is 8.60. The lowest BCUT2D eigenvalue weighted by molar-refractivity contribution is -0.0164. The Morgan fingerprint density at radius 3 is 2.50 bits per heavy atom. The van der Waals surface area contributed by atoms with E-state index < -0.39 is 0 Å². The summed E-state index contributed by atoms with van der Waals surface area (Å²) >= 11 is 0. The molecule has 1 rings (SSSR count). The number of hydrogen-bond acceptors (Lipinski definition) is 3. The minimum atomic E-state index is -0.328. The molecule has 0 aliphatic carbocycles. The van der Waals surface area contributed by atoms with Gasteiger partial charge in [0.15, 0.2) is 0 Å². The van der Waals surface area contributed by atoms with Gasteiger partial charge in [0.25, 0.3) is 0 Å². The highest BCUT2D eigenvalue weighted by Gasteiger charge is 2.11. The van der Waals surface area contributed by atoms with E-state index in [1.165, 1.54) is 12.1 Å². The third-order valence-corrected chi connectivity index (χ3v) is 2.34. The monoisotopic (exact) mass is 255 g/mol. The number of halogens is 1. The predicted octanol–water partition coefficient (Wildman–Crippen LogP) is 3.04. The van der Waals surface area contributed by atoms with Crippen LogP contribution in [0.15, 0.2) is 18.2 Å². The van der Waals surface area contributed by atoms with E-state index in [1.54, 1.807) is 6.07 Å². The van der Waals surface area contributed by atoms with Crippen LogP contribution in [0, 0.1) is 5.82 Å². The molecule has 0 bridgehead atoms. The molecule has 18 heavy (non-hydrogen) atoms. The molecule has 0 fully saturated rings. The van der Waals surface area contributed by atoms with Crippen molar-refractivity contribution in [2.75, 3.05) is 13.2 Å². The molecule has 2 N–H and O–H groups in total. The number of rotatable bonds is 5. The number of ether oxygens (including phenoxy) is 2. The minimum Gasteiger partial charge on any atom is -0.491 e. The summed E-state index contributed by atoms with van der Waals surface area (Å²) in [4.78, 5) is 0. The summed E-state index contributed by atoms with van der Waals surface area (Å²) in [7, 11) is 0. The van der Waals surface area contributed by atoms with Gasteiger partial charge in [0.05, 0.1) is 12.2 Å². The van der Waals surface area contributed by atoms with Crippen LogP contribution in [0.2, 0.25) is 0 Å². The van der Waals surface area contributed by atoms with Crippen LogP contribution < -0.4 is 10.5 Å². The summed E-state index contributed by atoms with van der Waals surface area (Å²) in [5, 5.41) is 0. The van der Waals surface area contributed by atoms with Gasteiger partial charge in [0.1, 0.15) is 18.2 Å². The van der Waals surface area contributed by atoms with Crippen molar-refractivity contribution < 1.29 is 13.9 Å². The zero-order valence-electron chi connectivity index (χ0n) is 11.5. The molecule has 102 valence electrons. The molecule has 0 heterocycles. The van der Waals surface area contributed by atoms with Crippen LogP contribution >= 0.6 is 0 Å². The second-order valence-electron chi connectivity index (χ2n) is 5.28. The van der Waals surface area contributed by atoms with Crippen molar-refractivity contribution in [2.45, 2.75) is 39.3 Å². The van der Waals surface area contributed by atoms with Crippen molar-refractivity contribution in [3.8, 4) is 5.75 Å². The quantitative estimate of drug-likeness (QED) is 0.822. The second-order valence-corrected chi connectivity index (χ2v) is 5.28. The second kappa shape index (κ2) is 6.16. The smallest absolute Gasteiger partial charge is 0.127 e. The van der Waals surface area contributed by atoms with Crippen molar-refractivity contribution in [1.29, 1.82) is 0 Å². The number of benzene rings is 1. The molecular formula is C14H22FNO2. The first-order valence-electron chi connectivity index (χ1n) is 6.11. The maximum atomic E-state index is 13.2. The third-order valence-electron chi connectivity index (χ3n) is 2.34. The van der Waals surface area contributed by atoms with Crippen LogP contribution in [0.3, 0.4) is 0 Å². The van der Waals surface area contributed by atoms with Crippen molar-refractivity contribution in [1.82, 2.24) is 0 Å². The summed E-state index contributed by atoms with van der Waals surface area (Å²) in [6.07, 6.45) is 0. The topological polar surface area (TPSA) is 44.5 Å². The molecule has 0 spiro atoms. The first kappa shape index (κ1) is 14.9. The Labute approximate surface area is 108 Å². The van der Waals surface area contributed by atoms with Gasteiger partial charge >= 0.3 is 0 Å². The standard InChI is InChI=1S/C14H22FNO2/c1-10(16)12-6-5-11(15)9-13(12)17-7-8-18-14(2,3)4/h5-6,9-10H,7-8,16H2,1-4H3/t10-/m1/s1. The van der Waals surface area contributed by atoms with Gasteiger partial charge in [-0.15, -0.1) is 0 Å². The van der Waals surface area contributed by atoms with Gasteiger partial charge in [0, 0.05) is 17.7 Å². The van der Waals surface area contributed by atoms with Crippen molar-refractivity contribution in [3.63, 3.8) is 0 Å². The maximum absolute atomic E-state index is 13.2. The van der Waals surface area contributed by atoms with Crippen LogP contribution in [-0.2, 0) is 4.74 Å². The predicted molar refractivity (Wildman–Crippen MR) is 70.2 cm³/mol. The molecule has 3 nitrogen and oxygen atoms in total. The molecule has 0 radical (unpaired) electrons. The molecular weight excluding hydrogens is 233 g/mol. The molecule has 1 aromatic carbocycles. The van der Waals surface area contributed by atoms with Crippen LogP contribution in [0.4, 0.5) is 4.39 Å². The fraction of sp³-hybridized carbons (Fsp3) is 0.571. The highest BCUT2D eigenvalue weighted by atomic mass is 19.1. The number of nitrogens with two attached hydrogens (primary N) is 1. The van der Waals surface area contributed by atoms with E-state index in [4.69, 9.17) is 15.2 Å². The van der Waals surface area contributed by atoms with Crippen LogP contribution in [-0.4, -0.2) is 18.8 Å². The van der Waals surface area contributed by atoms with E-state index in [-0.39, 0.29) is 17.5 Å². The fourth-order valence-corrected chi connectivity index (χ4v) is 1.51. The average molecular weight is 255 g/mol. The normalized spacial score (nSPS) is 13.4. The summed E-state index contributed by atoms with van der Waals surface area (Å²) in [6, 6.07) is 4.21. The van der Waals surface area contributed by atoms with Gasteiger partial charge in [-0.25, -0.2) is 4.39 Å². The highest BCUT2D eigenvalue weighted by Crippen LogP contribution is 2.24. The van der Waals surface area contributed by atoms with Gasteiger partial charge in [-0.05, 0) is 33.8 Å². The van der Waals surface area contributed by atoms with Crippen molar-refractivity contribution in [3.05, 3.63) is 29.6 Å². The molecule has 0 aliphatic rings. The van der Waals surface area contributed by atoms with E-state index in [9.17, 15) is 4.39 Å². The third kappa shape index (κ3) is 5.02. The molecule has 0 aliphatic heterocycles. The molecule has 0 unspecified atom stereocenters. The van der Waals surface area contributed by atoms with Crippen LogP contribution in [0.25, 0.3) is 0 Å². The van der Waals surface area contributed by atoms with E-state index >= 15 is 0 Å². The van der Waals surface area contributed by atoms with Crippen molar-refractivity contribution >= 4 is 0 Å². The zero-order valence-corrected chi connectivity index (χ0v) is 11.5. The largest absolute Gasteiger partial charge is 0.491 e. The van der Waals surface area contributed by atoms with E-state index in [0.717, 1.165) is 5.56 Å². The van der Waals surface area contributed by atoms with Gasteiger partial charge in [0.2, 0.25) is 0 Å². The molecule has 0 amide bonds. The van der Waals surface area contributed by atoms with Crippen LogP contribution in [0.1, 0.15) is 39.3 Å². The molecule has 0 aromatic heterocycles. The summed E-state index contributed by atoms with van der Waals surface area (Å²) in [5.74, 6) is 0.161. The maximum Gasteiger partial charge on any atom is 0.127 e. The number of hydrogen-bond donors (Lipinski definition) is 1. The van der Waals surface area contributed by atoms with Gasteiger partial charge in [-0.3, -0.25) is 0 Å². The average Bonchev–Trinajstić information content (AvgIpc) is 2.22. The molecule has 4 heteroatoms. The zero-order chi connectivity index (χ0) is 13.8. The highest BCUT2D eigenvalue weighted by molar-refractivity contribution is 5.36. The van der Waals surface area contributed by atoms with Gasteiger partial charge in [-0.2, -0.15) is 0 Å². The molecule has 0 saturated carbocycles. The summed E-state index contributed by atoms with van der Waals surface area (Å²) in [5.41, 5.74) is 6.40. The Kier molecular flexibility index (Phi) is 5.11. The molecule has 1 atom stereocenters. The van der Waals surface area contributed by atoms with Gasteiger partial charge < -0.3 is 15.2 Å². The Balaban J connectivity index is 2.58. The van der Waals surface area contributed by atoms with E-state index in [0.29, 0.717) is 19.0 Å². The van der Waals surface area contributed by atoms with E-state index in [2.05, 4.69) is 0 Å². The Hall–Kier alpha value is -1.13. The minimum absolute atomic E-state index is 0.191. The molecule has 1 aromatic rings. The SMILES string of the molecule is C[C@@H](N)c1ccc(F)cc1OCCOC(C)(C)C. The van der Waals surface area contributed by atoms with Crippen LogP contribution in [0.5, 0.6) is 5.75 Å². The summed E-state index contributed by atoms with van der Waals surface area (Å²) < 4.78 is 24.2. The van der Waals surface area contributed by atoms with Crippen molar-refractivity contribution in [2.24, 2.45) is 5.73 Å². The Bertz CT molecular complexity index is 386. The van der Waals surface area contributed by atoms with Gasteiger partial charge in [-0.1, -0.05) is 6.07 Å². The Morgan fingerprint density at radius 1 is 1.28 bits per heavy atom. The molecule has 0 saturated heterocycles. The Morgan fingerprint density at radius 2 is 1.94 bits per heavy atom. The first-order chi connectivity index (χ1) is 8.29. The lowest BCUT2D eigenvalue weighted by Crippen LogP contribution is -2.22. The lowest BCUT2D eigenvalue weighted by Gasteiger charge is -2.20. The lowest BCUT2D eigenvalue weighted by atomic mass is 10.1. The van der Waals surface area contributed by atoms with E-state index in [1.807, 2.05) is 27.7 Å². The first-order valence-corrected chi connectivity index (χ1v) is 6.11.